The van der Waals surface area contributed by atoms with Crippen molar-refractivity contribution in [2.75, 3.05) is 12.3 Å². The highest BCUT2D eigenvalue weighted by atomic mass is 16.5. The zero-order valence-electron chi connectivity index (χ0n) is 7.92. The SMILES string of the molecule is Cc1ccc(C2CCCO2)c(N)c1. The van der Waals surface area contributed by atoms with Crippen LogP contribution in [0.2, 0.25) is 0 Å². The minimum atomic E-state index is 0.237. The van der Waals surface area contributed by atoms with Crippen LogP contribution in [0.15, 0.2) is 18.2 Å². The third-order valence-electron chi connectivity index (χ3n) is 2.52. The van der Waals surface area contributed by atoms with Crippen molar-refractivity contribution in [2.24, 2.45) is 0 Å². The molecule has 13 heavy (non-hydrogen) atoms. The number of hydrogen-bond donors (Lipinski definition) is 1. The van der Waals surface area contributed by atoms with Gasteiger partial charge in [0.1, 0.15) is 0 Å². The van der Waals surface area contributed by atoms with Gasteiger partial charge in [-0.1, -0.05) is 12.1 Å². The molecule has 2 rings (SSSR count). The van der Waals surface area contributed by atoms with Gasteiger partial charge in [-0.2, -0.15) is 0 Å². The Hall–Kier alpha value is -1.02. The smallest absolute Gasteiger partial charge is 0.0845 e. The maximum atomic E-state index is 5.92. The Labute approximate surface area is 78.7 Å². The number of rotatable bonds is 1. The van der Waals surface area contributed by atoms with E-state index in [9.17, 15) is 0 Å². The van der Waals surface area contributed by atoms with Gasteiger partial charge in [-0.3, -0.25) is 0 Å². The second-order valence-electron chi connectivity index (χ2n) is 3.63. The lowest BCUT2D eigenvalue weighted by molar-refractivity contribution is 0.112. The van der Waals surface area contributed by atoms with E-state index in [-0.39, 0.29) is 6.10 Å². The summed E-state index contributed by atoms with van der Waals surface area (Å²) in [5, 5.41) is 0. The molecule has 2 N–H and O–H groups in total. The van der Waals surface area contributed by atoms with Gasteiger partial charge in [0.25, 0.3) is 0 Å². The molecule has 0 spiro atoms. The number of ether oxygens (including phenoxy) is 1. The normalized spacial score (nSPS) is 22.1. The van der Waals surface area contributed by atoms with E-state index in [2.05, 4.69) is 19.1 Å². The summed E-state index contributed by atoms with van der Waals surface area (Å²) in [5.74, 6) is 0. The monoisotopic (exact) mass is 177 g/mol. The van der Waals surface area contributed by atoms with Crippen LogP contribution in [0.25, 0.3) is 0 Å². The lowest BCUT2D eigenvalue weighted by atomic mass is 10.0. The highest BCUT2D eigenvalue weighted by Crippen LogP contribution is 2.32. The van der Waals surface area contributed by atoms with Crippen molar-refractivity contribution < 1.29 is 4.74 Å². The molecule has 1 heterocycles. The van der Waals surface area contributed by atoms with E-state index in [1.807, 2.05) is 6.07 Å². The first-order valence-corrected chi connectivity index (χ1v) is 4.75. The largest absolute Gasteiger partial charge is 0.398 e. The summed E-state index contributed by atoms with van der Waals surface area (Å²) in [4.78, 5) is 0. The molecule has 2 nitrogen and oxygen atoms in total. The van der Waals surface area contributed by atoms with Gasteiger partial charge in [0.15, 0.2) is 0 Å². The van der Waals surface area contributed by atoms with E-state index in [4.69, 9.17) is 10.5 Å². The van der Waals surface area contributed by atoms with Crippen LogP contribution in [0, 0.1) is 6.92 Å². The molecule has 1 aromatic carbocycles. The number of aryl methyl sites for hydroxylation is 1. The molecule has 0 aliphatic carbocycles. The predicted octanol–water partition coefficient (Wildman–Crippen LogP) is 2.43. The number of hydrogen-bond acceptors (Lipinski definition) is 2. The van der Waals surface area contributed by atoms with Crippen LogP contribution < -0.4 is 5.73 Å². The minimum Gasteiger partial charge on any atom is -0.398 e. The number of nitrogens with two attached hydrogens (primary N) is 1. The Morgan fingerprint density at radius 3 is 2.92 bits per heavy atom. The quantitative estimate of drug-likeness (QED) is 0.669. The van der Waals surface area contributed by atoms with Gasteiger partial charge in [-0.15, -0.1) is 0 Å². The second-order valence-corrected chi connectivity index (χ2v) is 3.63. The fourth-order valence-electron chi connectivity index (χ4n) is 1.81. The van der Waals surface area contributed by atoms with Gasteiger partial charge in [-0.25, -0.2) is 0 Å². The molecule has 1 aliphatic heterocycles. The van der Waals surface area contributed by atoms with Crippen LogP contribution >= 0.6 is 0 Å². The minimum absolute atomic E-state index is 0.237. The van der Waals surface area contributed by atoms with Crippen LogP contribution in [-0.2, 0) is 4.74 Å². The average Bonchev–Trinajstić information content (AvgIpc) is 2.56. The summed E-state index contributed by atoms with van der Waals surface area (Å²) in [6, 6.07) is 6.19. The third-order valence-corrected chi connectivity index (χ3v) is 2.52. The fourth-order valence-corrected chi connectivity index (χ4v) is 1.81. The van der Waals surface area contributed by atoms with Crippen LogP contribution in [0.5, 0.6) is 0 Å². The fraction of sp³-hybridized carbons (Fsp3) is 0.455. The Morgan fingerprint density at radius 1 is 1.46 bits per heavy atom. The average molecular weight is 177 g/mol. The first-order chi connectivity index (χ1) is 6.27. The van der Waals surface area contributed by atoms with Gasteiger partial charge in [-0.05, 0) is 31.4 Å². The molecule has 0 saturated carbocycles. The lowest BCUT2D eigenvalue weighted by Crippen LogP contribution is -2.01. The molecule has 2 heteroatoms. The van der Waals surface area contributed by atoms with Crippen molar-refractivity contribution in [3.63, 3.8) is 0 Å². The van der Waals surface area contributed by atoms with Crippen molar-refractivity contribution in [1.82, 2.24) is 0 Å². The van der Waals surface area contributed by atoms with Crippen molar-refractivity contribution >= 4 is 5.69 Å². The van der Waals surface area contributed by atoms with E-state index in [1.165, 1.54) is 5.56 Å². The first-order valence-electron chi connectivity index (χ1n) is 4.75. The maximum Gasteiger partial charge on any atom is 0.0845 e. The molecule has 0 bridgehead atoms. The highest BCUT2D eigenvalue weighted by Gasteiger charge is 2.19. The van der Waals surface area contributed by atoms with Crippen molar-refractivity contribution in [3.8, 4) is 0 Å². The molecule has 0 radical (unpaired) electrons. The van der Waals surface area contributed by atoms with Gasteiger partial charge >= 0.3 is 0 Å². The summed E-state index contributed by atoms with van der Waals surface area (Å²) < 4.78 is 5.58. The van der Waals surface area contributed by atoms with Crippen LogP contribution in [-0.4, -0.2) is 6.61 Å². The first kappa shape index (κ1) is 8.57. The Bertz CT molecular complexity index is 303. The summed E-state index contributed by atoms with van der Waals surface area (Å²) in [7, 11) is 0. The van der Waals surface area contributed by atoms with Gasteiger partial charge in [0.2, 0.25) is 0 Å². The van der Waals surface area contributed by atoms with E-state index in [0.29, 0.717) is 0 Å². The predicted molar refractivity (Wildman–Crippen MR) is 53.5 cm³/mol. The maximum absolute atomic E-state index is 5.92. The summed E-state index contributed by atoms with van der Waals surface area (Å²) in [5.41, 5.74) is 9.15. The molecule has 0 aromatic heterocycles. The second kappa shape index (κ2) is 3.38. The molecule has 70 valence electrons. The molecule has 1 fully saturated rings. The lowest BCUT2D eigenvalue weighted by Gasteiger charge is -2.12. The Balaban J connectivity index is 2.29. The topological polar surface area (TPSA) is 35.2 Å². The van der Waals surface area contributed by atoms with Gasteiger partial charge < -0.3 is 10.5 Å². The summed E-state index contributed by atoms with van der Waals surface area (Å²) in [6.07, 6.45) is 2.49. The van der Waals surface area contributed by atoms with Crippen LogP contribution in [0.4, 0.5) is 5.69 Å². The third kappa shape index (κ3) is 1.68. The zero-order chi connectivity index (χ0) is 9.26. The summed E-state index contributed by atoms with van der Waals surface area (Å²) >= 11 is 0. The van der Waals surface area contributed by atoms with Crippen LogP contribution in [0.3, 0.4) is 0 Å². The Morgan fingerprint density at radius 2 is 2.31 bits per heavy atom. The van der Waals surface area contributed by atoms with E-state index in [0.717, 1.165) is 30.7 Å². The van der Waals surface area contributed by atoms with Gasteiger partial charge in [0, 0.05) is 17.9 Å². The standard InChI is InChI=1S/C11H15NO/c1-8-4-5-9(10(12)7-8)11-3-2-6-13-11/h4-5,7,11H,2-3,6,12H2,1H3. The molecular formula is C11H15NO. The van der Waals surface area contributed by atoms with Crippen molar-refractivity contribution in [2.45, 2.75) is 25.9 Å². The molecular weight excluding hydrogens is 162 g/mol. The molecule has 1 unspecified atom stereocenters. The van der Waals surface area contributed by atoms with E-state index in [1.54, 1.807) is 0 Å². The number of nitrogen functional groups attached to an aromatic ring is 1. The molecule has 0 amide bonds. The van der Waals surface area contributed by atoms with E-state index >= 15 is 0 Å². The Kier molecular flexibility index (Phi) is 2.23. The zero-order valence-corrected chi connectivity index (χ0v) is 7.92. The number of benzene rings is 1. The van der Waals surface area contributed by atoms with Crippen molar-refractivity contribution in [1.29, 1.82) is 0 Å². The van der Waals surface area contributed by atoms with Gasteiger partial charge in [0.05, 0.1) is 6.10 Å². The van der Waals surface area contributed by atoms with Crippen molar-refractivity contribution in [3.05, 3.63) is 29.3 Å². The van der Waals surface area contributed by atoms with E-state index < -0.39 is 0 Å². The molecule has 1 atom stereocenters. The van der Waals surface area contributed by atoms with Crippen LogP contribution in [0.1, 0.15) is 30.1 Å². The molecule has 1 aliphatic rings. The molecule has 1 aromatic rings. The number of anilines is 1. The molecule has 1 saturated heterocycles. The summed E-state index contributed by atoms with van der Waals surface area (Å²) in [6.45, 7) is 2.92. The highest BCUT2D eigenvalue weighted by molar-refractivity contribution is 5.50.